The third-order valence-corrected chi connectivity index (χ3v) is 5.95. The number of nitrogens with zero attached hydrogens (tertiary/aromatic N) is 5. The summed E-state index contributed by atoms with van der Waals surface area (Å²) < 4.78 is 104. The average molecular weight is 667 g/mol. The minimum absolute atomic E-state index is 0.247. The minimum atomic E-state index is -5.08. The van der Waals surface area contributed by atoms with Crippen molar-refractivity contribution in [3.63, 3.8) is 0 Å². The first-order valence-corrected chi connectivity index (χ1v) is 12.6. The summed E-state index contributed by atoms with van der Waals surface area (Å²) >= 11 is 0. The molecule has 4 heterocycles. The van der Waals surface area contributed by atoms with Gasteiger partial charge in [0.2, 0.25) is 0 Å². The predicted molar refractivity (Wildman–Crippen MR) is 131 cm³/mol. The third-order valence-electron chi connectivity index (χ3n) is 5.95. The quantitative estimate of drug-likeness (QED) is 0.255. The number of amides is 1. The van der Waals surface area contributed by atoms with E-state index < -0.39 is 41.8 Å². The average Bonchev–Trinajstić information content (AvgIpc) is 3.68. The van der Waals surface area contributed by atoms with E-state index in [1.54, 1.807) is 12.5 Å². The van der Waals surface area contributed by atoms with Crippen LogP contribution in [0.1, 0.15) is 37.2 Å². The molecule has 1 unspecified atom stereocenters. The van der Waals surface area contributed by atoms with Crippen molar-refractivity contribution in [1.82, 2.24) is 29.7 Å². The molecule has 1 atom stereocenters. The molecule has 2 aliphatic heterocycles. The first-order valence-electron chi connectivity index (χ1n) is 12.6. The molecule has 22 heteroatoms. The minimum Gasteiger partial charge on any atom is -0.475 e. The zero-order chi connectivity index (χ0) is 34.1. The van der Waals surface area contributed by atoms with Gasteiger partial charge in [-0.25, -0.2) is 19.6 Å². The second-order valence-electron chi connectivity index (χ2n) is 9.56. The molecule has 1 fully saturated rings. The number of carbonyl (C=O) groups excluding carboxylic acids is 1. The van der Waals surface area contributed by atoms with Gasteiger partial charge in [-0.3, -0.25) is 9.69 Å². The molecule has 1 spiro atoms. The smallest absolute Gasteiger partial charge is 0.475 e. The number of piperidine rings is 1. The fourth-order valence-electron chi connectivity index (χ4n) is 3.97. The highest BCUT2D eigenvalue weighted by atomic mass is 19.4. The summed E-state index contributed by atoms with van der Waals surface area (Å²) in [6.45, 7) is 2.69. The molecule has 45 heavy (non-hydrogen) atoms. The molecule has 13 nitrogen and oxygen atoms in total. The molecule has 4 N–H and O–H groups in total. The Balaban J connectivity index is 0.000000421. The summed E-state index contributed by atoms with van der Waals surface area (Å²) in [5.41, 5.74) is -1.13. The molecule has 2 aromatic heterocycles. The van der Waals surface area contributed by atoms with Crippen LogP contribution >= 0.6 is 0 Å². The molecule has 0 aromatic carbocycles. The first kappa shape index (κ1) is 36.8. The van der Waals surface area contributed by atoms with Crippen LogP contribution in [0.2, 0.25) is 0 Å². The van der Waals surface area contributed by atoms with Crippen molar-refractivity contribution in [3.8, 4) is 0 Å². The Hall–Kier alpha value is -4.37. The molecule has 252 valence electrons. The first-order chi connectivity index (χ1) is 20.7. The van der Waals surface area contributed by atoms with Crippen LogP contribution in [0.25, 0.3) is 0 Å². The van der Waals surface area contributed by atoms with Crippen LogP contribution in [0, 0.1) is 0 Å². The number of aromatic nitrogens is 4. The molecule has 2 aliphatic rings. The normalized spacial score (nSPS) is 18.6. The number of alkyl halides is 9. The number of aromatic amines is 1. The number of nitrogens with one attached hydrogen (secondary N) is 2. The number of carbonyl (C=O) groups is 3. The second-order valence-corrected chi connectivity index (χ2v) is 9.56. The van der Waals surface area contributed by atoms with Gasteiger partial charge in [0.05, 0.1) is 19.1 Å². The van der Waals surface area contributed by atoms with Gasteiger partial charge in [0.15, 0.2) is 5.60 Å². The third kappa shape index (κ3) is 12.3. The van der Waals surface area contributed by atoms with Gasteiger partial charge in [-0.2, -0.15) is 39.5 Å². The Bertz CT molecular complexity index is 1290. The van der Waals surface area contributed by atoms with Crippen LogP contribution in [-0.4, -0.2) is 95.8 Å². The number of likely N-dealkylation sites (tertiary alicyclic amines) is 1. The van der Waals surface area contributed by atoms with Crippen molar-refractivity contribution in [2.45, 2.75) is 62.9 Å². The zero-order valence-electron chi connectivity index (χ0n) is 22.8. The number of hydrogen-bond acceptors (Lipinski definition) is 8. The highest BCUT2D eigenvalue weighted by molar-refractivity contribution is 6.39. The van der Waals surface area contributed by atoms with Crippen molar-refractivity contribution in [2.75, 3.05) is 19.6 Å². The van der Waals surface area contributed by atoms with Crippen LogP contribution in [0.4, 0.5) is 39.5 Å². The Morgan fingerprint density at radius 3 is 2.18 bits per heavy atom. The molecule has 4 rings (SSSR count). The van der Waals surface area contributed by atoms with E-state index in [1.807, 2.05) is 15.7 Å². The van der Waals surface area contributed by atoms with Crippen molar-refractivity contribution in [2.24, 2.45) is 5.16 Å². The lowest BCUT2D eigenvalue weighted by atomic mass is 9.88. The maximum absolute atomic E-state index is 12.8. The number of aliphatic carboxylic acids is 2. The zero-order valence-corrected chi connectivity index (χ0v) is 22.8. The van der Waals surface area contributed by atoms with E-state index >= 15 is 0 Å². The summed E-state index contributed by atoms with van der Waals surface area (Å²) in [4.78, 5) is 48.0. The monoisotopic (exact) mass is 667 g/mol. The van der Waals surface area contributed by atoms with E-state index in [4.69, 9.17) is 24.6 Å². The van der Waals surface area contributed by atoms with Gasteiger partial charge in [-0.1, -0.05) is 5.16 Å². The van der Waals surface area contributed by atoms with E-state index in [0.717, 1.165) is 32.0 Å². The van der Waals surface area contributed by atoms with Crippen LogP contribution in [0.15, 0.2) is 30.1 Å². The fraction of sp³-hybridized carbons (Fsp3) is 0.565. The fourth-order valence-corrected chi connectivity index (χ4v) is 3.97. The van der Waals surface area contributed by atoms with Crippen LogP contribution in [-0.2, 0) is 38.5 Å². The molecular formula is C23H26F9N7O6. The Morgan fingerprint density at radius 2 is 1.67 bits per heavy atom. The van der Waals surface area contributed by atoms with Crippen LogP contribution in [0.5, 0.6) is 0 Å². The number of imidazole rings is 2. The molecule has 0 saturated carbocycles. The maximum Gasteiger partial charge on any atom is 0.490 e. The number of aryl methyl sites for hydroxylation is 1. The van der Waals surface area contributed by atoms with Crippen LogP contribution < -0.4 is 5.32 Å². The molecular weight excluding hydrogens is 641 g/mol. The van der Waals surface area contributed by atoms with E-state index in [-0.39, 0.29) is 18.3 Å². The molecule has 0 bridgehead atoms. The van der Waals surface area contributed by atoms with Crippen molar-refractivity contribution < 1.29 is 68.9 Å². The molecule has 1 amide bonds. The van der Waals surface area contributed by atoms with Crippen molar-refractivity contribution >= 4 is 23.6 Å². The van der Waals surface area contributed by atoms with Gasteiger partial charge in [-0.15, -0.1) is 0 Å². The van der Waals surface area contributed by atoms with Gasteiger partial charge in [0, 0.05) is 38.4 Å². The number of carboxylic acid groups (broad SMARTS) is 2. The largest absolute Gasteiger partial charge is 0.490 e. The van der Waals surface area contributed by atoms with Gasteiger partial charge < -0.3 is 29.9 Å². The molecule has 1 saturated heterocycles. The van der Waals surface area contributed by atoms with Crippen molar-refractivity contribution in [1.29, 1.82) is 0 Å². The lowest BCUT2D eigenvalue weighted by Gasteiger charge is -2.37. The van der Waals surface area contributed by atoms with Gasteiger partial charge >= 0.3 is 30.5 Å². The topological polar surface area (TPSA) is 175 Å². The highest BCUT2D eigenvalue weighted by Crippen LogP contribution is 2.34. The number of oxime groups is 1. The number of halogens is 9. The number of H-pyrrole nitrogens is 1. The number of hydrogen-bond donors (Lipinski definition) is 4. The SMILES string of the molecule is O=C(NCCCn1ccnc1)C1=NOC2(CCCN(Cc3ncc(C(F)(F)F)[nH]3)C2)C1.O=C(O)C(F)(F)F.O=C(O)C(F)(F)F. The van der Waals surface area contributed by atoms with Gasteiger partial charge in [-0.05, 0) is 25.8 Å². The van der Waals surface area contributed by atoms with Gasteiger partial charge in [0.25, 0.3) is 5.91 Å². The number of rotatable bonds is 7. The summed E-state index contributed by atoms with van der Waals surface area (Å²) in [7, 11) is 0. The van der Waals surface area contributed by atoms with E-state index in [1.165, 1.54) is 0 Å². The Kier molecular flexibility index (Phi) is 12.3. The summed E-state index contributed by atoms with van der Waals surface area (Å²) in [6, 6.07) is 0. The summed E-state index contributed by atoms with van der Waals surface area (Å²) in [5.74, 6) is -5.51. The van der Waals surface area contributed by atoms with Gasteiger partial charge in [0.1, 0.15) is 17.2 Å². The Morgan fingerprint density at radius 1 is 1.04 bits per heavy atom. The highest BCUT2D eigenvalue weighted by Gasteiger charge is 2.45. The van der Waals surface area contributed by atoms with Crippen molar-refractivity contribution in [3.05, 3.63) is 36.4 Å². The van der Waals surface area contributed by atoms with Crippen LogP contribution in [0.3, 0.4) is 0 Å². The lowest BCUT2D eigenvalue weighted by Crippen LogP contribution is -2.48. The second kappa shape index (κ2) is 15.1. The lowest BCUT2D eigenvalue weighted by molar-refractivity contribution is -0.193. The molecule has 0 radical (unpaired) electrons. The predicted octanol–water partition coefficient (Wildman–Crippen LogP) is 3.21. The maximum atomic E-state index is 12.8. The molecule has 2 aromatic rings. The standard InChI is InChI=1S/C19H24F3N7O2.2C2HF3O2/c20-19(21,22)15-10-25-16(26-15)11-29-6-1-3-18(12-29)9-14(27-31-18)17(30)24-4-2-7-28-8-5-23-13-28;2*3-2(4,5)1(6)7/h5,8,10,13H,1-4,6-7,9,11-12H2,(H,24,30)(H,25,26);2*(H,6,7). The summed E-state index contributed by atoms with van der Waals surface area (Å²) in [6.07, 6.45) is -5.85. The van der Waals surface area contributed by atoms with E-state index in [2.05, 4.69) is 25.4 Å². The Labute approximate surface area is 247 Å². The van der Waals surface area contributed by atoms with E-state index in [9.17, 15) is 44.3 Å². The van der Waals surface area contributed by atoms with E-state index in [0.29, 0.717) is 31.8 Å². The molecule has 0 aliphatic carbocycles. The summed E-state index contributed by atoms with van der Waals surface area (Å²) in [5, 5.41) is 21.1. The number of carboxylic acids is 2.